The molecule has 2 aromatic rings. The largest absolute Gasteiger partial charge is 0.494 e. The zero-order chi connectivity index (χ0) is 24.2. The molecule has 0 N–H and O–H groups in total. The van der Waals surface area contributed by atoms with Crippen LogP contribution in [-0.4, -0.2) is 17.4 Å². The van der Waals surface area contributed by atoms with Gasteiger partial charge in [-0.05, 0) is 59.4 Å². The predicted octanol–water partition coefficient (Wildman–Crippen LogP) is 9.53. The third kappa shape index (κ3) is 7.75. The highest BCUT2D eigenvalue weighted by Crippen LogP contribution is 2.48. The molecule has 2 aromatic carbocycles. The Balaban J connectivity index is 1.58. The van der Waals surface area contributed by atoms with Gasteiger partial charge in [-0.25, -0.2) is 0 Å². The third-order valence-corrected chi connectivity index (χ3v) is 7.23. The highest BCUT2D eigenvalue weighted by Gasteiger charge is 2.31. The first-order chi connectivity index (χ1) is 16.7. The summed E-state index contributed by atoms with van der Waals surface area (Å²) >= 11 is 10.2. The monoisotopic (exact) mass is 498 g/mol. The molecule has 0 unspecified atom stereocenters. The van der Waals surface area contributed by atoms with E-state index in [2.05, 4.69) is 62.9 Å². The lowest BCUT2D eigenvalue weighted by Crippen LogP contribution is -2.05. The van der Waals surface area contributed by atoms with Gasteiger partial charge in [0, 0.05) is 0 Å². The van der Waals surface area contributed by atoms with E-state index in [4.69, 9.17) is 21.7 Å². The van der Waals surface area contributed by atoms with Crippen LogP contribution in [0, 0.1) is 0 Å². The van der Waals surface area contributed by atoms with Gasteiger partial charge in [-0.2, -0.15) is 0 Å². The van der Waals surface area contributed by atoms with Crippen molar-refractivity contribution in [2.75, 3.05) is 13.2 Å². The minimum absolute atomic E-state index is 0.00137. The van der Waals surface area contributed by atoms with Crippen molar-refractivity contribution in [1.82, 2.24) is 0 Å². The highest BCUT2D eigenvalue weighted by molar-refractivity contribution is 8.11. The summed E-state index contributed by atoms with van der Waals surface area (Å²) in [7, 11) is 0. The molecule has 186 valence electrons. The second-order valence-electron chi connectivity index (χ2n) is 9.50. The van der Waals surface area contributed by atoms with Crippen LogP contribution < -0.4 is 9.47 Å². The van der Waals surface area contributed by atoms with Gasteiger partial charge in [0.1, 0.15) is 11.5 Å². The Morgan fingerprint density at radius 1 is 0.676 bits per heavy atom. The second-order valence-corrected chi connectivity index (χ2v) is 10.7. The highest BCUT2D eigenvalue weighted by atomic mass is 32.1. The molecule has 1 aliphatic carbocycles. The summed E-state index contributed by atoms with van der Waals surface area (Å²) in [5.41, 5.74) is 4.85. The molecule has 3 rings (SSSR count). The Morgan fingerprint density at radius 2 is 1.09 bits per heavy atom. The number of fused-ring (bicyclic) bond motifs is 3. The van der Waals surface area contributed by atoms with E-state index in [0.29, 0.717) is 4.20 Å². The first kappa shape index (κ1) is 27.1. The number of thiol groups is 1. The summed E-state index contributed by atoms with van der Waals surface area (Å²) < 4.78 is 12.9. The van der Waals surface area contributed by atoms with Crippen LogP contribution in [0.2, 0.25) is 0 Å². The van der Waals surface area contributed by atoms with Crippen LogP contribution in [0.15, 0.2) is 36.4 Å². The second kappa shape index (κ2) is 14.8. The average molecular weight is 499 g/mol. The van der Waals surface area contributed by atoms with Gasteiger partial charge in [0.05, 0.1) is 23.3 Å². The van der Waals surface area contributed by atoms with E-state index in [9.17, 15) is 0 Å². The molecule has 2 nitrogen and oxygen atoms in total. The summed E-state index contributed by atoms with van der Waals surface area (Å²) in [6.45, 7) is 6.04. The molecule has 1 aliphatic rings. The molecule has 4 heteroatoms. The lowest BCUT2D eigenvalue weighted by atomic mass is 9.98. The lowest BCUT2D eigenvalue weighted by molar-refractivity contribution is 0.304. The summed E-state index contributed by atoms with van der Waals surface area (Å²) in [5, 5.41) is 0. The fraction of sp³-hybridized carbons (Fsp3) is 0.567. The first-order valence-electron chi connectivity index (χ1n) is 13.4. The minimum Gasteiger partial charge on any atom is -0.494 e. The molecule has 0 spiro atoms. The molecule has 0 bridgehead atoms. The van der Waals surface area contributed by atoms with Crippen LogP contribution in [0.3, 0.4) is 0 Å². The molecule has 0 radical (unpaired) electrons. The van der Waals surface area contributed by atoms with Gasteiger partial charge in [-0.1, -0.05) is 102 Å². The van der Waals surface area contributed by atoms with Crippen LogP contribution in [0.25, 0.3) is 11.1 Å². The quantitative estimate of drug-likeness (QED) is 0.133. The normalized spacial score (nSPS) is 12.4. The number of benzene rings is 2. The van der Waals surface area contributed by atoms with Crippen molar-refractivity contribution in [2.45, 2.75) is 96.8 Å². The third-order valence-electron chi connectivity index (χ3n) is 6.74. The molecule has 0 saturated heterocycles. The number of ether oxygens (including phenoxy) is 2. The van der Waals surface area contributed by atoms with Gasteiger partial charge in [-0.3, -0.25) is 0 Å². The van der Waals surface area contributed by atoms with Crippen LogP contribution in [0.4, 0.5) is 0 Å². The smallest absolute Gasteiger partial charge is 0.119 e. The minimum atomic E-state index is -0.00137. The van der Waals surface area contributed by atoms with E-state index in [0.717, 1.165) is 37.6 Å². The van der Waals surface area contributed by atoms with Crippen molar-refractivity contribution in [3.05, 3.63) is 47.5 Å². The Bertz CT molecular complexity index is 841. The average Bonchev–Trinajstić information content (AvgIpc) is 3.16. The van der Waals surface area contributed by atoms with E-state index < -0.39 is 0 Å². The lowest BCUT2D eigenvalue weighted by Gasteiger charge is -2.14. The summed E-state index contributed by atoms with van der Waals surface area (Å²) in [5.74, 6) is 1.85. The maximum Gasteiger partial charge on any atom is 0.119 e. The zero-order valence-electron chi connectivity index (χ0n) is 21.1. The topological polar surface area (TPSA) is 18.5 Å². The van der Waals surface area contributed by atoms with Crippen LogP contribution in [-0.2, 0) is 0 Å². The molecular weight excluding hydrogens is 456 g/mol. The van der Waals surface area contributed by atoms with Crippen molar-refractivity contribution in [3.8, 4) is 22.6 Å². The zero-order valence-corrected chi connectivity index (χ0v) is 22.8. The van der Waals surface area contributed by atoms with Crippen LogP contribution >= 0.6 is 24.8 Å². The first-order valence-corrected chi connectivity index (χ1v) is 14.3. The van der Waals surface area contributed by atoms with E-state index in [1.807, 2.05) is 0 Å². The molecule has 0 saturated carbocycles. The van der Waals surface area contributed by atoms with Crippen molar-refractivity contribution in [2.24, 2.45) is 0 Å². The SMILES string of the molecule is CCCCCCCCOc1ccc2c(c1)C(C(=S)S)c1cc(OCCCCCCCC)ccc1-2. The summed E-state index contributed by atoms with van der Waals surface area (Å²) in [6, 6.07) is 12.9. The molecular formula is C30H42O2S2. The van der Waals surface area contributed by atoms with Gasteiger partial charge in [0.25, 0.3) is 0 Å². The Hall–Kier alpha value is -1.52. The number of rotatable bonds is 17. The standard InChI is InChI=1S/C30H42O2S2/c1-3-5-7-9-11-13-19-31-23-15-17-25-26-18-16-24(32-20-14-12-10-8-6-4-2)22-28(26)29(30(33)34)27(25)21-23/h15-18,21-22,29H,3-14,19-20H2,1-2H3,(H,33,34). The number of hydrogen-bond acceptors (Lipinski definition) is 3. The summed E-state index contributed by atoms with van der Waals surface area (Å²) in [6.07, 6.45) is 15.2. The van der Waals surface area contributed by atoms with Gasteiger partial charge < -0.3 is 9.47 Å². The number of thiocarbonyl (C=S) groups is 1. The summed E-state index contributed by atoms with van der Waals surface area (Å²) in [4.78, 5) is 0. The maximum atomic E-state index is 6.10. The molecule has 0 aliphatic heterocycles. The Labute approximate surface area is 218 Å². The Kier molecular flexibility index (Phi) is 11.8. The van der Waals surface area contributed by atoms with Crippen molar-refractivity contribution in [3.63, 3.8) is 0 Å². The van der Waals surface area contributed by atoms with Crippen LogP contribution in [0.5, 0.6) is 11.5 Å². The maximum absolute atomic E-state index is 6.10. The van der Waals surface area contributed by atoms with Crippen LogP contribution in [0.1, 0.15) is 108 Å². The molecule has 34 heavy (non-hydrogen) atoms. The fourth-order valence-corrected chi connectivity index (χ4v) is 5.34. The van der Waals surface area contributed by atoms with E-state index >= 15 is 0 Å². The predicted molar refractivity (Wildman–Crippen MR) is 153 cm³/mol. The molecule has 0 amide bonds. The van der Waals surface area contributed by atoms with E-state index in [1.54, 1.807) is 0 Å². The van der Waals surface area contributed by atoms with Gasteiger partial charge in [-0.15, -0.1) is 12.6 Å². The molecule has 0 aromatic heterocycles. The fourth-order valence-electron chi connectivity index (χ4n) is 4.81. The molecule has 0 heterocycles. The van der Waals surface area contributed by atoms with Gasteiger partial charge in [0.2, 0.25) is 0 Å². The van der Waals surface area contributed by atoms with Gasteiger partial charge >= 0.3 is 0 Å². The number of unbranched alkanes of at least 4 members (excludes halogenated alkanes) is 10. The molecule has 0 fully saturated rings. The van der Waals surface area contributed by atoms with E-state index in [1.165, 1.54) is 86.5 Å². The Morgan fingerprint density at radius 3 is 1.50 bits per heavy atom. The van der Waals surface area contributed by atoms with Crippen molar-refractivity contribution in [1.29, 1.82) is 0 Å². The van der Waals surface area contributed by atoms with Crippen molar-refractivity contribution < 1.29 is 9.47 Å². The van der Waals surface area contributed by atoms with Gasteiger partial charge in [0.15, 0.2) is 0 Å². The molecule has 0 atom stereocenters. The van der Waals surface area contributed by atoms with Crippen molar-refractivity contribution >= 4 is 29.0 Å². The number of hydrogen-bond donors (Lipinski definition) is 1. The van der Waals surface area contributed by atoms with E-state index in [-0.39, 0.29) is 5.92 Å².